The van der Waals surface area contributed by atoms with Crippen molar-refractivity contribution in [2.24, 2.45) is 0 Å². The molecule has 1 aliphatic heterocycles. The first-order valence-electron chi connectivity index (χ1n) is 10.4. The second kappa shape index (κ2) is 9.76. The van der Waals surface area contributed by atoms with Crippen LogP contribution in [-0.4, -0.2) is 80.1 Å². The van der Waals surface area contributed by atoms with Crippen LogP contribution in [-0.2, 0) is 14.6 Å². The highest BCUT2D eigenvalue weighted by molar-refractivity contribution is 7.91. The van der Waals surface area contributed by atoms with E-state index in [-0.39, 0.29) is 33.0 Å². The molecule has 35 heavy (non-hydrogen) atoms. The number of nitrogens with zero attached hydrogens (tertiary/aromatic N) is 2. The zero-order valence-electron chi connectivity index (χ0n) is 18.8. The van der Waals surface area contributed by atoms with Crippen molar-refractivity contribution in [3.05, 3.63) is 53.1 Å². The monoisotopic (exact) mass is 533 g/mol. The van der Waals surface area contributed by atoms with Gasteiger partial charge >= 0.3 is 6.18 Å². The number of hydrogen-bond acceptors (Lipinski definition) is 6. The van der Waals surface area contributed by atoms with Gasteiger partial charge in [0.15, 0.2) is 0 Å². The van der Waals surface area contributed by atoms with Gasteiger partial charge in [0.05, 0.1) is 26.1 Å². The van der Waals surface area contributed by atoms with E-state index in [1.54, 1.807) is 11.0 Å². The number of halogens is 4. The Balaban J connectivity index is 1.91. The number of rotatable bonds is 5. The summed E-state index contributed by atoms with van der Waals surface area (Å²) in [7, 11) is -2.35. The fraction of sp³-hybridized carbons (Fsp3) is 0.364. The van der Waals surface area contributed by atoms with Gasteiger partial charge in [-0.2, -0.15) is 13.2 Å². The summed E-state index contributed by atoms with van der Waals surface area (Å²) >= 11 is 6.05. The van der Waals surface area contributed by atoms with Crippen LogP contribution in [0.15, 0.2) is 52.3 Å². The number of alkyl halides is 3. The first kappa shape index (κ1) is 26.9. The molecule has 0 aliphatic carbocycles. The molecule has 1 fully saturated rings. The fourth-order valence-corrected chi connectivity index (χ4v) is 5.09. The summed E-state index contributed by atoms with van der Waals surface area (Å²) in [6.45, 7) is 2.44. The second-order valence-electron chi connectivity index (χ2n) is 8.26. The van der Waals surface area contributed by atoms with Gasteiger partial charge in [-0.15, -0.1) is 0 Å². The third kappa shape index (κ3) is 5.45. The van der Waals surface area contributed by atoms with Gasteiger partial charge in [-0.05, 0) is 44.3 Å². The van der Waals surface area contributed by atoms with E-state index >= 15 is 0 Å². The lowest BCUT2D eigenvalue weighted by Gasteiger charge is -2.32. The first-order valence-corrected chi connectivity index (χ1v) is 12.2. The lowest BCUT2D eigenvalue weighted by molar-refractivity contribution is -0.242. The van der Waals surface area contributed by atoms with Crippen LogP contribution in [0.1, 0.15) is 17.3 Å². The Morgan fingerprint density at radius 2 is 1.66 bits per heavy atom. The molecule has 2 aromatic carbocycles. The number of piperazine rings is 1. The smallest absolute Gasteiger partial charge is 0.373 e. The van der Waals surface area contributed by atoms with Gasteiger partial charge in [-0.25, -0.2) is 8.42 Å². The number of amides is 2. The highest BCUT2D eigenvalue weighted by Gasteiger charge is 2.55. The van der Waals surface area contributed by atoms with Gasteiger partial charge in [-0.3, -0.25) is 9.59 Å². The van der Waals surface area contributed by atoms with Crippen LogP contribution in [0.25, 0.3) is 0 Å². The molecular weight excluding hydrogens is 511 g/mol. The van der Waals surface area contributed by atoms with E-state index in [0.29, 0.717) is 26.2 Å². The van der Waals surface area contributed by atoms with Gasteiger partial charge in [0.25, 0.3) is 11.8 Å². The summed E-state index contributed by atoms with van der Waals surface area (Å²) in [5.74, 6) is -2.23. The molecule has 3 rings (SSSR count). The van der Waals surface area contributed by atoms with Crippen LogP contribution >= 0.6 is 11.6 Å². The van der Waals surface area contributed by atoms with E-state index < -0.39 is 33.4 Å². The number of likely N-dealkylation sites (N-methyl/N-ethyl adjacent to an activating group) is 1. The maximum Gasteiger partial charge on any atom is 0.426 e. The molecule has 0 bridgehead atoms. The van der Waals surface area contributed by atoms with Gasteiger partial charge < -0.3 is 20.2 Å². The number of carbonyl (C=O) groups excluding carboxylic acids is 2. The molecule has 1 heterocycles. The highest BCUT2D eigenvalue weighted by Crippen LogP contribution is 2.34. The third-order valence-corrected chi connectivity index (χ3v) is 7.81. The molecule has 2 N–H and O–H groups in total. The average Bonchev–Trinajstić information content (AvgIpc) is 2.79. The fourth-order valence-electron chi connectivity index (χ4n) is 3.32. The molecule has 2 aromatic rings. The Morgan fingerprint density at radius 1 is 1.06 bits per heavy atom. The van der Waals surface area contributed by atoms with Crippen molar-refractivity contribution in [1.82, 2.24) is 9.80 Å². The average molecular weight is 534 g/mol. The van der Waals surface area contributed by atoms with Crippen LogP contribution in [0.3, 0.4) is 0 Å². The van der Waals surface area contributed by atoms with Crippen LogP contribution < -0.4 is 5.32 Å². The summed E-state index contributed by atoms with van der Waals surface area (Å²) in [5.41, 5.74) is -4.04. The molecule has 8 nitrogen and oxygen atoms in total. The Hall–Kier alpha value is -2.67. The molecule has 190 valence electrons. The minimum atomic E-state index is -5.24. The van der Waals surface area contributed by atoms with Crippen molar-refractivity contribution < 1.29 is 36.3 Å². The van der Waals surface area contributed by atoms with E-state index in [1.165, 1.54) is 18.2 Å². The van der Waals surface area contributed by atoms with Crippen molar-refractivity contribution in [3.8, 4) is 0 Å². The summed E-state index contributed by atoms with van der Waals surface area (Å²) in [5, 5.41) is 11.0. The SMILES string of the molecule is CN1CCN(C(=O)c2ccccc2S(=O)(=O)c2ccc(NC(=O)[C@@](C)(O)C(F)(F)F)c(Cl)c2)CC1. The van der Waals surface area contributed by atoms with Gasteiger partial charge in [0.2, 0.25) is 15.4 Å². The summed E-state index contributed by atoms with van der Waals surface area (Å²) < 4.78 is 65.4. The maximum atomic E-state index is 13.4. The predicted octanol–water partition coefficient (Wildman–Crippen LogP) is 2.81. The molecule has 0 radical (unpaired) electrons. The number of hydrogen-bond donors (Lipinski definition) is 2. The van der Waals surface area contributed by atoms with E-state index in [1.807, 2.05) is 17.3 Å². The van der Waals surface area contributed by atoms with Crippen molar-refractivity contribution in [2.45, 2.75) is 28.5 Å². The van der Waals surface area contributed by atoms with Crippen molar-refractivity contribution in [3.63, 3.8) is 0 Å². The standard InChI is InChI=1S/C22H23ClF3N3O5S/c1-21(32,22(24,25)26)20(31)27-17-8-7-14(13-16(17)23)35(33,34)18-6-4-3-5-15(18)19(30)29-11-9-28(2)10-12-29/h3-8,13,32H,9-12H2,1-2H3,(H,27,31)/t21-/m1/s1. The maximum absolute atomic E-state index is 13.4. The predicted molar refractivity (Wildman–Crippen MR) is 122 cm³/mol. The Labute approximate surface area is 205 Å². The quantitative estimate of drug-likeness (QED) is 0.612. The van der Waals surface area contributed by atoms with Crippen molar-refractivity contribution in [1.29, 1.82) is 0 Å². The number of nitrogens with one attached hydrogen (secondary N) is 1. The summed E-state index contributed by atoms with van der Waals surface area (Å²) in [6.07, 6.45) is -5.24. The molecule has 0 saturated carbocycles. The molecule has 0 unspecified atom stereocenters. The van der Waals surface area contributed by atoms with E-state index in [9.17, 15) is 36.3 Å². The first-order chi connectivity index (χ1) is 16.2. The Bertz CT molecular complexity index is 1240. The number of aliphatic hydroxyl groups is 1. The molecule has 2 amide bonds. The zero-order chi connectivity index (χ0) is 26.2. The topological polar surface area (TPSA) is 107 Å². The molecule has 0 spiro atoms. The minimum absolute atomic E-state index is 0.0215. The number of anilines is 1. The van der Waals surface area contributed by atoms with Crippen LogP contribution in [0.4, 0.5) is 18.9 Å². The number of carbonyl (C=O) groups is 2. The van der Waals surface area contributed by atoms with Gasteiger partial charge in [-0.1, -0.05) is 23.7 Å². The second-order valence-corrected chi connectivity index (χ2v) is 10.6. The molecule has 13 heteroatoms. The lowest BCUT2D eigenvalue weighted by Crippen LogP contribution is -2.52. The Kier molecular flexibility index (Phi) is 7.51. The minimum Gasteiger partial charge on any atom is -0.373 e. The summed E-state index contributed by atoms with van der Waals surface area (Å²) in [6, 6.07) is 8.68. The Morgan fingerprint density at radius 3 is 2.23 bits per heavy atom. The molecule has 1 aliphatic rings. The largest absolute Gasteiger partial charge is 0.426 e. The third-order valence-electron chi connectivity index (χ3n) is 5.69. The van der Waals surface area contributed by atoms with E-state index in [2.05, 4.69) is 0 Å². The molecule has 1 atom stereocenters. The lowest BCUT2D eigenvalue weighted by atomic mass is 10.1. The number of benzene rings is 2. The normalized spacial score (nSPS) is 17.1. The van der Waals surface area contributed by atoms with Gasteiger partial charge in [0, 0.05) is 26.2 Å². The van der Waals surface area contributed by atoms with Crippen LogP contribution in [0, 0.1) is 0 Å². The van der Waals surface area contributed by atoms with Gasteiger partial charge in [0.1, 0.15) is 0 Å². The van der Waals surface area contributed by atoms with Crippen LogP contribution in [0.2, 0.25) is 5.02 Å². The molecule has 0 aromatic heterocycles. The summed E-state index contributed by atoms with van der Waals surface area (Å²) in [4.78, 5) is 28.0. The molecular formula is C22H23ClF3N3O5S. The zero-order valence-corrected chi connectivity index (χ0v) is 20.3. The molecule has 1 saturated heterocycles. The van der Waals surface area contributed by atoms with E-state index in [0.717, 1.165) is 18.2 Å². The van der Waals surface area contributed by atoms with Crippen molar-refractivity contribution >= 4 is 38.9 Å². The van der Waals surface area contributed by atoms with Crippen molar-refractivity contribution in [2.75, 3.05) is 38.5 Å². The number of sulfone groups is 1. The van der Waals surface area contributed by atoms with E-state index in [4.69, 9.17) is 11.6 Å². The van der Waals surface area contributed by atoms with Crippen LogP contribution in [0.5, 0.6) is 0 Å². The highest BCUT2D eigenvalue weighted by atomic mass is 35.5.